The molecule has 2 rings (SSSR count). The molecule has 19 heavy (non-hydrogen) atoms. The molecule has 1 aliphatic heterocycles. The summed E-state index contributed by atoms with van der Waals surface area (Å²) < 4.78 is 5.59. The molecular formula is C15H22N2O2. The summed E-state index contributed by atoms with van der Waals surface area (Å²) in [7, 11) is 1.83. The van der Waals surface area contributed by atoms with Gasteiger partial charge in [-0.2, -0.15) is 0 Å². The van der Waals surface area contributed by atoms with Gasteiger partial charge >= 0.3 is 0 Å². The highest BCUT2D eigenvalue weighted by atomic mass is 16.5. The summed E-state index contributed by atoms with van der Waals surface area (Å²) in [6, 6.07) is 9.75. The molecule has 1 heterocycles. The average molecular weight is 262 g/mol. The molecule has 0 aromatic heterocycles. The van der Waals surface area contributed by atoms with Gasteiger partial charge in [0, 0.05) is 32.4 Å². The fraction of sp³-hybridized carbons (Fsp3) is 0.533. The van der Waals surface area contributed by atoms with Crippen molar-refractivity contribution in [1.82, 2.24) is 4.90 Å². The molecule has 4 heteroatoms. The van der Waals surface area contributed by atoms with Crippen molar-refractivity contribution in [3.63, 3.8) is 0 Å². The van der Waals surface area contributed by atoms with Crippen molar-refractivity contribution in [3.05, 3.63) is 30.3 Å². The van der Waals surface area contributed by atoms with E-state index in [2.05, 4.69) is 11.8 Å². The minimum atomic E-state index is 0.125. The maximum Gasteiger partial charge on any atom is 0.240 e. The largest absolute Gasteiger partial charge is 0.377 e. The molecule has 0 bridgehead atoms. The Labute approximate surface area is 115 Å². The van der Waals surface area contributed by atoms with E-state index >= 15 is 0 Å². The van der Waals surface area contributed by atoms with Gasteiger partial charge in [-0.1, -0.05) is 18.2 Å². The first-order valence-corrected chi connectivity index (χ1v) is 6.82. The SMILES string of the molecule is C[C@H]1CN(CC(=O)N(C)c2ccccc2)CCCO1. The molecule has 1 amide bonds. The van der Waals surface area contributed by atoms with Crippen molar-refractivity contribution in [1.29, 1.82) is 0 Å². The predicted molar refractivity (Wildman–Crippen MR) is 76.3 cm³/mol. The van der Waals surface area contributed by atoms with Crippen LogP contribution in [-0.4, -0.2) is 50.2 Å². The zero-order valence-electron chi connectivity index (χ0n) is 11.7. The third-order valence-electron chi connectivity index (χ3n) is 3.41. The topological polar surface area (TPSA) is 32.8 Å². The van der Waals surface area contributed by atoms with E-state index in [0.717, 1.165) is 31.8 Å². The second-order valence-corrected chi connectivity index (χ2v) is 5.06. The van der Waals surface area contributed by atoms with Crippen LogP contribution in [-0.2, 0) is 9.53 Å². The average Bonchev–Trinajstić information content (AvgIpc) is 2.63. The summed E-state index contributed by atoms with van der Waals surface area (Å²) in [6.45, 7) is 5.07. The number of rotatable bonds is 3. The summed E-state index contributed by atoms with van der Waals surface area (Å²) >= 11 is 0. The fourth-order valence-electron chi connectivity index (χ4n) is 2.32. The van der Waals surface area contributed by atoms with E-state index in [9.17, 15) is 4.79 Å². The molecule has 0 saturated carbocycles. The number of carbonyl (C=O) groups is 1. The maximum absolute atomic E-state index is 12.3. The Balaban J connectivity index is 1.93. The van der Waals surface area contributed by atoms with Crippen molar-refractivity contribution in [2.45, 2.75) is 19.4 Å². The molecule has 1 aliphatic rings. The lowest BCUT2D eigenvalue weighted by molar-refractivity contribution is -0.119. The second-order valence-electron chi connectivity index (χ2n) is 5.06. The lowest BCUT2D eigenvalue weighted by Crippen LogP contribution is -2.40. The Morgan fingerprint density at radius 2 is 2.16 bits per heavy atom. The standard InChI is InChI=1S/C15H22N2O2/c1-13-11-17(9-6-10-19-13)12-15(18)16(2)14-7-4-3-5-8-14/h3-5,7-8,13H,6,9-12H2,1-2H3/t13-/m0/s1. The van der Waals surface area contributed by atoms with Crippen LogP contribution in [0.2, 0.25) is 0 Å². The van der Waals surface area contributed by atoms with Crippen LogP contribution in [0.5, 0.6) is 0 Å². The number of carbonyl (C=O) groups excluding carboxylic acids is 1. The van der Waals surface area contributed by atoms with Crippen LogP contribution < -0.4 is 4.90 Å². The zero-order valence-corrected chi connectivity index (χ0v) is 11.7. The van der Waals surface area contributed by atoms with Gasteiger partial charge in [-0.05, 0) is 25.5 Å². The Morgan fingerprint density at radius 1 is 1.42 bits per heavy atom. The van der Waals surface area contributed by atoms with Gasteiger partial charge in [0.05, 0.1) is 12.6 Å². The monoisotopic (exact) mass is 262 g/mol. The highest BCUT2D eigenvalue weighted by Gasteiger charge is 2.19. The van der Waals surface area contributed by atoms with E-state index in [-0.39, 0.29) is 12.0 Å². The molecule has 0 spiro atoms. The van der Waals surface area contributed by atoms with Gasteiger partial charge in [0.25, 0.3) is 0 Å². The first-order chi connectivity index (χ1) is 9.16. The van der Waals surface area contributed by atoms with E-state index in [1.54, 1.807) is 4.90 Å². The van der Waals surface area contributed by atoms with Crippen LogP contribution in [0.15, 0.2) is 30.3 Å². The molecule has 104 valence electrons. The van der Waals surface area contributed by atoms with E-state index in [0.29, 0.717) is 6.54 Å². The lowest BCUT2D eigenvalue weighted by atomic mass is 10.3. The molecule has 1 atom stereocenters. The molecule has 0 radical (unpaired) electrons. The quantitative estimate of drug-likeness (QED) is 0.832. The van der Waals surface area contributed by atoms with Crippen molar-refractivity contribution in [3.8, 4) is 0 Å². The minimum absolute atomic E-state index is 0.125. The van der Waals surface area contributed by atoms with E-state index in [1.807, 2.05) is 37.4 Å². The Kier molecular flexibility index (Phi) is 4.93. The van der Waals surface area contributed by atoms with Crippen molar-refractivity contribution in [2.75, 3.05) is 38.2 Å². The number of anilines is 1. The molecule has 0 N–H and O–H groups in total. The summed E-state index contributed by atoms with van der Waals surface area (Å²) in [5.74, 6) is 0.125. The van der Waals surface area contributed by atoms with Crippen LogP contribution in [0.1, 0.15) is 13.3 Å². The van der Waals surface area contributed by atoms with Crippen molar-refractivity contribution < 1.29 is 9.53 Å². The predicted octanol–water partition coefficient (Wildman–Crippen LogP) is 1.76. The second kappa shape index (κ2) is 6.68. The molecule has 1 aromatic carbocycles. The van der Waals surface area contributed by atoms with Gasteiger partial charge in [-0.25, -0.2) is 0 Å². The Bertz CT molecular complexity index is 408. The molecule has 0 unspecified atom stereocenters. The van der Waals surface area contributed by atoms with Crippen molar-refractivity contribution in [2.24, 2.45) is 0 Å². The number of nitrogens with zero attached hydrogens (tertiary/aromatic N) is 2. The number of hydrogen-bond donors (Lipinski definition) is 0. The lowest BCUT2D eigenvalue weighted by Gasteiger charge is -2.24. The highest BCUT2D eigenvalue weighted by molar-refractivity contribution is 5.94. The molecule has 4 nitrogen and oxygen atoms in total. The van der Waals surface area contributed by atoms with Gasteiger partial charge in [-0.3, -0.25) is 9.69 Å². The third kappa shape index (κ3) is 4.04. The number of benzene rings is 1. The van der Waals surface area contributed by atoms with E-state index < -0.39 is 0 Å². The smallest absolute Gasteiger partial charge is 0.240 e. The number of likely N-dealkylation sites (N-methyl/N-ethyl adjacent to an activating group) is 1. The number of hydrogen-bond acceptors (Lipinski definition) is 3. The molecule has 1 fully saturated rings. The normalized spacial score (nSPS) is 20.8. The first-order valence-electron chi connectivity index (χ1n) is 6.82. The first kappa shape index (κ1) is 14.0. The van der Waals surface area contributed by atoms with Gasteiger partial charge in [0.15, 0.2) is 0 Å². The van der Waals surface area contributed by atoms with Crippen LogP contribution in [0.4, 0.5) is 5.69 Å². The summed E-state index contributed by atoms with van der Waals surface area (Å²) in [5, 5.41) is 0. The Morgan fingerprint density at radius 3 is 2.89 bits per heavy atom. The van der Waals surface area contributed by atoms with Gasteiger partial charge in [0.1, 0.15) is 0 Å². The Hall–Kier alpha value is -1.39. The van der Waals surface area contributed by atoms with Crippen LogP contribution >= 0.6 is 0 Å². The number of amides is 1. The van der Waals surface area contributed by atoms with Crippen LogP contribution in [0.25, 0.3) is 0 Å². The van der Waals surface area contributed by atoms with Crippen molar-refractivity contribution >= 4 is 11.6 Å². The third-order valence-corrected chi connectivity index (χ3v) is 3.41. The van der Waals surface area contributed by atoms with Crippen LogP contribution in [0, 0.1) is 0 Å². The van der Waals surface area contributed by atoms with Gasteiger partial charge in [-0.15, -0.1) is 0 Å². The molecule has 1 aromatic rings. The summed E-state index contributed by atoms with van der Waals surface area (Å²) in [4.78, 5) is 16.2. The molecule has 1 saturated heterocycles. The summed E-state index contributed by atoms with van der Waals surface area (Å²) in [6.07, 6.45) is 1.20. The fourth-order valence-corrected chi connectivity index (χ4v) is 2.32. The van der Waals surface area contributed by atoms with E-state index in [4.69, 9.17) is 4.74 Å². The number of para-hydroxylation sites is 1. The maximum atomic E-state index is 12.3. The zero-order chi connectivity index (χ0) is 13.7. The number of ether oxygens (including phenoxy) is 1. The van der Waals surface area contributed by atoms with Gasteiger partial charge in [0.2, 0.25) is 5.91 Å². The van der Waals surface area contributed by atoms with E-state index in [1.165, 1.54) is 0 Å². The highest BCUT2D eigenvalue weighted by Crippen LogP contribution is 2.12. The summed E-state index contributed by atoms with van der Waals surface area (Å²) in [5.41, 5.74) is 0.937. The van der Waals surface area contributed by atoms with Crippen LogP contribution in [0.3, 0.4) is 0 Å². The minimum Gasteiger partial charge on any atom is -0.377 e. The molecule has 0 aliphatic carbocycles. The molecular weight excluding hydrogens is 240 g/mol. The van der Waals surface area contributed by atoms with Gasteiger partial charge < -0.3 is 9.64 Å².